The first-order valence-corrected chi connectivity index (χ1v) is 5.55. The first kappa shape index (κ1) is 9.44. The lowest BCUT2D eigenvalue weighted by Crippen LogP contribution is -2.34. The summed E-state index contributed by atoms with van der Waals surface area (Å²) in [4.78, 5) is 5.08. The van der Waals surface area contributed by atoms with Crippen LogP contribution in [-0.2, 0) is 0 Å². The van der Waals surface area contributed by atoms with Gasteiger partial charge in [-0.1, -0.05) is 0 Å². The lowest BCUT2D eigenvalue weighted by atomic mass is 10.3. The Labute approximate surface area is 80.9 Å². The predicted molar refractivity (Wildman–Crippen MR) is 54.7 cm³/mol. The summed E-state index contributed by atoms with van der Waals surface area (Å²) in [7, 11) is 0. The van der Waals surface area contributed by atoms with E-state index in [9.17, 15) is 0 Å². The zero-order valence-corrected chi connectivity index (χ0v) is 8.41. The molecule has 3 nitrogen and oxygen atoms in total. The summed E-state index contributed by atoms with van der Waals surface area (Å²) in [6, 6.07) is 0.443. The molecule has 2 aliphatic rings. The molecule has 0 aromatic carbocycles. The summed E-state index contributed by atoms with van der Waals surface area (Å²) in [6.45, 7) is 7.46. The molecule has 1 atom stereocenters. The Hall–Kier alpha value is -0.120. The molecule has 2 N–H and O–H groups in total. The average Bonchev–Trinajstić information content (AvgIpc) is 2.71. The summed E-state index contributed by atoms with van der Waals surface area (Å²) >= 11 is 0. The summed E-state index contributed by atoms with van der Waals surface area (Å²) in [5.41, 5.74) is 5.85. The van der Waals surface area contributed by atoms with Crippen molar-refractivity contribution in [3.63, 3.8) is 0 Å². The molecule has 2 saturated heterocycles. The molecule has 0 bridgehead atoms. The van der Waals surface area contributed by atoms with E-state index in [1.165, 1.54) is 52.0 Å². The summed E-state index contributed by atoms with van der Waals surface area (Å²) in [5.74, 6) is 0. The van der Waals surface area contributed by atoms with Crippen molar-refractivity contribution in [1.82, 2.24) is 9.80 Å². The van der Waals surface area contributed by atoms with Crippen LogP contribution in [0.25, 0.3) is 0 Å². The highest BCUT2D eigenvalue weighted by Gasteiger charge is 2.19. The van der Waals surface area contributed by atoms with Crippen LogP contribution >= 0.6 is 0 Å². The van der Waals surface area contributed by atoms with Crippen molar-refractivity contribution < 1.29 is 0 Å². The van der Waals surface area contributed by atoms with Crippen LogP contribution in [-0.4, -0.2) is 55.1 Å². The van der Waals surface area contributed by atoms with Crippen molar-refractivity contribution in [2.24, 2.45) is 5.73 Å². The molecule has 0 amide bonds. The van der Waals surface area contributed by atoms with Crippen molar-refractivity contribution in [3.8, 4) is 0 Å². The van der Waals surface area contributed by atoms with E-state index in [0.717, 1.165) is 6.54 Å². The van der Waals surface area contributed by atoms with E-state index in [4.69, 9.17) is 5.73 Å². The molecular formula is C10H21N3. The van der Waals surface area contributed by atoms with Gasteiger partial charge in [0.1, 0.15) is 0 Å². The molecule has 2 fully saturated rings. The SMILES string of the molecule is NC1CCN(CCN2CCCC2)C1. The van der Waals surface area contributed by atoms with Gasteiger partial charge < -0.3 is 15.5 Å². The maximum atomic E-state index is 5.85. The molecule has 0 aliphatic carbocycles. The van der Waals surface area contributed by atoms with Gasteiger partial charge in [-0.25, -0.2) is 0 Å². The van der Waals surface area contributed by atoms with E-state index < -0.39 is 0 Å². The second-order valence-electron chi connectivity index (χ2n) is 4.40. The van der Waals surface area contributed by atoms with E-state index in [1.54, 1.807) is 0 Å². The number of nitrogens with two attached hydrogens (primary N) is 1. The molecule has 2 aliphatic heterocycles. The number of hydrogen-bond donors (Lipinski definition) is 1. The zero-order chi connectivity index (χ0) is 9.10. The molecule has 2 rings (SSSR count). The quantitative estimate of drug-likeness (QED) is 0.674. The van der Waals surface area contributed by atoms with Gasteiger partial charge in [0, 0.05) is 25.7 Å². The Balaban J connectivity index is 1.62. The maximum absolute atomic E-state index is 5.85. The minimum absolute atomic E-state index is 0.443. The Morgan fingerprint density at radius 2 is 1.69 bits per heavy atom. The third-order valence-corrected chi connectivity index (χ3v) is 3.24. The molecule has 0 spiro atoms. The van der Waals surface area contributed by atoms with Crippen molar-refractivity contribution in [2.75, 3.05) is 39.3 Å². The Bertz CT molecular complexity index is 154. The monoisotopic (exact) mass is 183 g/mol. The average molecular weight is 183 g/mol. The Morgan fingerprint density at radius 1 is 1.00 bits per heavy atom. The fraction of sp³-hybridized carbons (Fsp3) is 1.00. The van der Waals surface area contributed by atoms with Gasteiger partial charge in [-0.05, 0) is 38.9 Å². The largest absolute Gasteiger partial charge is 0.326 e. The maximum Gasteiger partial charge on any atom is 0.0180 e. The second kappa shape index (κ2) is 4.40. The van der Waals surface area contributed by atoms with Crippen LogP contribution in [0.15, 0.2) is 0 Å². The van der Waals surface area contributed by atoms with Gasteiger partial charge in [0.25, 0.3) is 0 Å². The van der Waals surface area contributed by atoms with Gasteiger partial charge in [0.05, 0.1) is 0 Å². The minimum Gasteiger partial charge on any atom is -0.326 e. The molecule has 0 aromatic rings. The highest BCUT2D eigenvalue weighted by Crippen LogP contribution is 2.09. The molecule has 2 heterocycles. The van der Waals surface area contributed by atoms with Crippen LogP contribution in [0.3, 0.4) is 0 Å². The molecule has 76 valence electrons. The Kier molecular flexibility index (Phi) is 3.19. The topological polar surface area (TPSA) is 32.5 Å². The standard InChI is InChI=1S/C10H21N3/c11-10-3-6-13(9-10)8-7-12-4-1-2-5-12/h10H,1-9,11H2. The van der Waals surface area contributed by atoms with Crippen molar-refractivity contribution in [3.05, 3.63) is 0 Å². The fourth-order valence-electron chi connectivity index (χ4n) is 2.35. The van der Waals surface area contributed by atoms with Crippen LogP contribution in [0.1, 0.15) is 19.3 Å². The van der Waals surface area contributed by atoms with Crippen LogP contribution in [0.5, 0.6) is 0 Å². The highest BCUT2D eigenvalue weighted by molar-refractivity contribution is 4.78. The predicted octanol–water partition coefficient (Wildman–Crippen LogP) is 0.115. The van der Waals surface area contributed by atoms with Crippen molar-refractivity contribution >= 4 is 0 Å². The van der Waals surface area contributed by atoms with E-state index in [-0.39, 0.29) is 0 Å². The smallest absolute Gasteiger partial charge is 0.0180 e. The second-order valence-corrected chi connectivity index (χ2v) is 4.40. The lowest BCUT2D eigenvalue weighted by molar-refractivity contribution is 0.256. The van der Waals surface area contributed by atoms with Crippen LogP contribution in [0.2, 0.25) is 0 Å². The summed E-state index contributed by atoms with van der Waals surface area (Å²) in [5, 5.41) is 0. The lowest BCUT2D eigenvalue weighted by Gasteiger charge is -2.20. The van der Waals surface area contributed by atoms with Gasteiger partial charge in [-0.2, -0.15) is 0 Å². The molecular weight excluding hydrogens is 162 g/mol. The van der Waals surface area contributed by atoms with Crippen LogP contribution in [0.4, 0.5) is 0 Å². The van der Waals surface area contributed by atoms with E-state index in [2.05, 4.69) is 9.80 Å². The highest BCUT2D eigenvalue weighted by atomic mass is 15.2. The van der Waals surface area contributed by atoms with Crippen molar-refractivity contribution in [2.45, 2.75) is 25.3 Å². The normalized spacial score (nSPS) is 31.6. The van der Waals surface area contributed by atoms with Crippen molar-refractivity contribution in [1.29, 1.82) is 0 Å². The molecule has 0 aromatic heterocycles. The van der Waals surface area contributed by atoms with E-state index in [1.807, 2.05) is 0 Å². The first-order valence-electron chi connectivity index (χ1n) is 5.55. The molecule has 1 unspecified atom stereocenters. The van der Waals surface area contributed by atoms with Gasteiger partial charge in [0.2, 0.25) is 0 Å². The molecule has 0 radical (unpaired) electrons. The van der Waals surface area contributed by atoms with Gasteiger partial charge >= 0.3 is 0 Å². The van der Waals surface area contributed by atoms with Gasteiger partial charge in [-0.3, -0.25) is 0 Å². The fourth-order valence-corrected chi connectivity index (χ4v) is 2.35. The number of likely N-dealkylation sites (tertiary alicyclic amines) is 2. The summed E-state index contributed by atoms with van der Waals surface area (Å²) < 4.78 is 0. The zero-order valence-electron chi connectivity index (χ0n) is 8.41. The molecule has 13 heavy (non-hydrogen) atoms. The van der Waals surface area contributed by atoms with E-state index >= 15 is 0 Å². The third kappa shape index (κ3) is 2.66. The van der Waals surface area contributed by atoms with Crippen LogP contribution in [0, 0.1) is 0 Å². The minimum atomic E-state index is 0.443. The van der Waals surface area contributed by atoms with Gasteiger partial charge in [0.15, 0.2) is 0 Å². The van der Waals surface area contributed by atoms with E-state index in [0.29, 0.717) is 6.04 Å². The summed E-state index contributed by atoms with van der Waals surface area (Å²) in [6.07, 6.45) is 4.00. The van der Waals surface area contributed by atoms with Gasteiger partial charge in [-0.15, -0.1) is 0 Å². The number of rotatable bonds is 3. The van der Waals surface area contributed by atoms with Crippen LogP contribution < -0.4 is 5.73 Å². The molecule has 0 saturated carbocycles. The number of nitrogens with zero attached hydrogens (tertiary/aromatic N) is 2. The third-order valence-electron chi connectivity index (χ3n) is 3.24. The molecule has 3 heteroatoms. The Morgan fingerprint density at radius 3 is 2.31 bits per heavy atom. The first-order chi connectivity index (χ1) is 6.34. The number of hydrogen-bond acceptors (Lipinski definition) is 3.